The summed E-state index contributed by atoms with van der Waals surface area (Å²) in [6.45, 7) is 3.65. The first-order valence-corrected chi connectivity index (χ1v) is 4.65. The number of hydrogen-bond acceptors (Lipinski definition) is 4. The molecule has 2 rings (SSSR count). The summed E-state index contributed by atoms with van der Waals surface area (Å²) in [5, 5.41) is 4.13. The minimum absolute atomic E-state index is 0.330. The molecule has 0 amide bonds. The molecule has 0 saturated heterocycles. The van der Waals surface area contributed by atoms with Crippen molar-refractivity contribution in [1.29, 1.82) is 0 Å². The van der Waals surface area contributed by atoms with Crippen LogP contribution in [0, 0.1) is 13.8 Å². The maximum absolute atomic E-state index is 5.60. The van der Waals surface area contributed by atoms with Gasteiger partial charge in [0, 0.05) is 0 Å². The Bertz CT molecular complexity index is 448. The molecular formula is C8H9ClN4O. The van der Waals surface area contributed by atoms with Crippen molar-refractivity contribution in [3.05, 3.63) is 23.6 Å². The quantitative estimate of drug-likeness (QED) is 0.710. The van der Waals surface area contributed by atoms with Gasteiger partial charge in [-0.15, -0.1) is 16.7 Å². The first-order chi connectivity index (χ1) is 6.70. The highest BCUT2D eigenvalue weighted by molar-refractivity contribution is 6.16. The Morgan fingerprint density at radius 1 is 1.43 bits per heavy atom. The van der Waals surface area contributed by atoms with Crippen LogP contribution in [0.5, 0.6) is 0 Å². The van der Waals surface area contributed by atoms with Crippen LogP contribution in [0.15, 0.2) is 10.7 Å². The minimum Gasteiger partial charge on any atom is -0.430 e. The smallest absolute Gasteiger partial charge is 0.324 e. The number of aryl methyl sites for hydroxylation is 2. The van der Waals surface area contributed by atoms with E-state index in [1.807, 2.05) is 13.8 Å². The Morgan fingerprint density at radius 3 is 2.71 bits per heavy atom. The zero-order valence-corrected chi connectivity index (χ0v) is 8.62. The van der Waals surface area contributed by atoms with Crippen molar-refractivity contribution in [2.45, 2.75) is 19.7 Å². The normalized spacial score (nSPS) is 10.8. The van der Waals surface area contributed by atoms with Crippen LogP contribution in [0.1, 0.15) is 17.3 Å². The van der Waals surface area contributed by atoms with Gasteiger partial charge in [0.25, 0.3) is 0 Å². The summed E-state index contributed by atoms with van der Waals surface area (Å²) in [7, 11) is 0. The van der Waals surface area contributed by atoms with Crippen LogP contribution < -0.4 is 0 Å². The van der Waals surface area contributed by atoms with Crippen LogP contribution >= 0.6 is 11.6 Å². The van der Waals surface area contributed by atoms with Crippen LogP contribution in [0.3, 0.4) is 0 Å². The largest absolute Gasteiger partial charge is 0.430 e. The molecule has 0 aromatic carbocycles. The van der Waals surface area contributed by atoms with E-state index in [1.165, 1.54) is 6.26 Å². The highest BCUT2D eigenvalue weighted by atomic mass is 35.5. The molecule has 0 spiro atoms. The van der Waals surface area contributed by atoms with Crippen molar-refractivity contribution in [3.63, 3.8) is 0 Å². The molecule has 0 aliphatic heterocycles. The van der Waals surface area contributed by atoms with Gasteiger partial charge in [-0.3, -0.25) is 0 Å². The number of hydrogen-bond donors (Lipinski definition) is 0. The standard InChI is InChI=1S/C8H9ClN4O/c1-5-10-6(2)13(12-5)8-11-7(3-9)4-14-8/h4H,3H2,1-2H3. The van der Waals surface area contributed by atoms with Crippen molar-refractivity contribution < 1.29 is 4.42 Å². The molecule has 2 heterocycles. The lowest BCUT2D eigenvalue weighted by Gasteiger charge is -1.93. The summed E-state index contributed by atoms with van der Waals surface area (Å²) in [6, 6.07) is 0.402. The molecule has 2 aromatic heterocycles. The van der Waals surface area contributed by atoms with Crippen LogP contribution in [0.2, 0.25) is 0 Å². The third-order valence-electron chi connectivity index (χ3n) is 1.73. The molecule has 14 heavy (non-hydrogen) atoms. The maximum Gasteiger partial charge on any atom is 0.324 e. The van der Waals surface area contributed by atoms with Crippen LogP contribution in [-0.4, -0.2) is 19.7 Å². The van der Waals surface area contributed by atoms with Gasteiger partial charge < -0.3 is 4.42 Å². The summed E-state index contributed by atoms with van der Waals surface area (Å²) in [6.07, 6.45) is 1.51. The predicted molar refractivity (Wildman–Crippen MR) is 50.5 cm³/mol. The van der Waals surface area contributed by atoms with E-state index in [2.05, 4.69) is 15.1 Å². The van der Waals surface area contributed by atoms with Gasteiger partial charge in [0.2, 0.25) is 0 Å². The molecule has 0 unspecified atom stereocenters. The van der Waals surface area contributed by atoms with Gasteiger partial charge in [-0.05, 0) is 13.8 Å². The molecule has 0 bridgehead atoms. The first kappa shape index (κ1) is 9.21. The molecule has 0 aliphatic rings. The maximum atomic E-state index is 5.60. The summed E-state index contributed by atoms with van der Waals surface area (Å²) in [5.41, 5.74) is 0.689. The molecule has 2 aromatic rings. The van der Waals surface area contributed by atoms with Crippen LogP contribution in [-0.2, 0) is 5.88 Å². The lowest BCUT2D eigenvalue weighted by atomic mass is 10.6. The summed E-state index contributed by atoms with van der Waals surface area (Å²) >= 11 is 5.60. The second-order valence-corrected chi connectivity index (χ2v) is 3.14. The van der Waals surface area contributed by atoms with E-state index in [0.29, 0.717) is 23.4 Å². The van der Waals surface area contributed by atoms with Gasteiger partial charge in [0.05, 0.1) is 11.6 Å². The highest BCUT2D eigenvalue weighted by Gasteiger charge is 2.10. The van der Waals surface area contributed by atoms with Gasteiger partial charge in [0.15, 0.2) is 0 Å². The van der Waals surface area contributed by atoms with Crippen molar-refractivity contribution in [2.75, 3.05) is 0 Å². The summed E-state index contributed by atoms with van der Waals surface area (Å²) in [4.78, 5) is 8.28. The average Bonchev–Trinajstić information content (AvgIpc) is 2.71. The molecule has 0 fully saturated rings. The van der Waals surface area contributed by atoms with Crippen LogP contribution in [0.4, 0.5) is 0 Å². The Kier molecular flexibility index (Phi) is 2.25. The Morgan fingerprint density at radius 2 is 2.21 bits per heavy atom. The van der Waals surface area contributed by atoms with Crippen molar-refractivity contribution in [1.82, 2.24) is 19.7 Å². The van der Waals surface area contributed by atoms with Crippen molar-refractivity contribution in [2.24, 2.45) is 0 Å². The van der Waals surface area contributed by atoms with E-state index < -0.39 is 0 Å². The van der Waals surface area contributed by atoms with Crippen LogP contribution in [0.25, 0.3) is 6.01 Å². The Balaban J connectivity index is 2.43. The number of oxazole rings is 1. The molecule has 0 radical (unpaired) electrons. The minimum atomic E-state index is 0.330. The zero-order valence-electron chi connectivity index (χ0n) is 7.86. The van der Waals surface area contributed by atoms with Gasteiger partial charge >= 0.3 is 6.01 Å². The molecule has 0 atom stereocenters. The monoisotopic (exact) mass is 212 g/mol. The fourth-order valence-corrected chi connectivity index (χ4v) is 1.28. The van der Waals surface area contributed by atoms with E-state index in [-0.39, 0.29) is 0 Å². The number of aromatic nitrogens is 4. The third kappa shape index (κ3) is 1.50. The van der Waals surface area contributed by atoms with Crippen molar-refractivity contribution in [3.8, 4) is 6.01 Å². The predicted octanol–water partition coefficient (Wildman–Crippen LogP) is 1.61. The second kappa shape index (κ2) is 3.42. The summed E-state index contributed by atoms with van der Waals surface area (Å²) < 4.78 is 6.75. The van der Waals surface area contributed by atoms with E-state index in [1.54, 1.807) is 4.68 Å². The number of halogens is 1. The molecular weight excluding hydrogens is 204 g/mol. The Hall–Kier alpha value is -1.36. The topological polar surface area (TPSA) is 56.7 Å². The van der Waals surface area contributed by atoms with Gasteiger partial charge in [-0.1, -0.05) is 0 Å². The lowest BCUT2D eigenvalue weighted by molar-refractivity contribution is 0.504. The SMILES string of the molecule is Cc1nc(C)n(-c2nc(CCl)co2)n1. The molecule has 6 heteroatoms. The van der Waals surface area contributed by atoms with E-state index >= 15 is 0 Å². The summed E-state index contributed by atoms with van der Waals surface area (Å²) in [5.74, 6) is 1.76. The Labute approximate surface area is 85.7 Å². The van der Waals surface area contributed by atoms with Gasteiger partial charge in [-0.2, -0.15) is 9.67 Å². The number of nitrogens with zero attached hydrogens (tertiary/aromatic N) is 4. The number of rotatable bonds is 2. The van der Waals surface area contributed by atoms with E-state index in [9.17, 15) is 0 Å². The van der Waals surface area contributed by atoms with E-state index in [0.717, 1.165) is 5.82 Å². The highest BCUT2D eigenvalue weighted by Crippen LogP contribution is 2.10. The van der Waals surface area contributed by atoms with Crippen molar-refractivity contribution >= 4 is 11.6 Å². The first-order valence-electron chi connectivity index (χ1n) is 4.11. The molecule has 0 N–H and O–H groups in total. The fraction of sp³-hybridized carbons (Fsp3) is 0.375. The molecule has 0 aliphatic carbocycles. The fourth-order valence-electron chi connectivity index (χ4n) is 1.16. The van der Waals surface area contributed by atoms with Gasteiger partial charge in [0.1, 0.15) is 17.9 Å². The lowest BCUT2D eigenvalue weighted by Crippen LogP contribution is -1.99. The zero-order chi connectivity index (χ0) is 10.1. The molecule has 5 nitrogen and oxygen atoms in total. The second-order valence-electron chi connectivity index (χ2n) is 2.87. The number of alkyl halides is 1. The molecule has 0 saturated carbocycles. The third-order valence-corrected chi connectivity index (χ3v) is 2.01. The molecule has 74 valence electrons. The van der Waals surface area contributed by atoms with Gasteiger partial charge in [-0.25, -0.2) is 4.98 Å². The average molecular weight is 213 g/mol. The van der Waals surface area contributed by atoms with E-state index in [4.69, 9.17) is 16.0 Å².